The number of nitrogens with one attached hydrogen (secondary N) is 1. The molecule has 1 heterocycles. The van der Waals surface area contributed by atoms with Gasteiger partial charge in [0.25, 0.3) is 0 Å². The van der Waals surface area contributed by atoms with Crippen LogP contribution in [0.1, 0.15) is 108 Å². The molecule has 9 heteroatoms. The summed E-state index contributed by atoms with van der Waals surface area (Å²) in [7, 11) is 1.70. The zero-order valence-corrected chi connectivity index (χ0v) is 33.1. The summed E-state index contributed by atoms with van der Waals surface area (Å²) in [5, 5.41) is 14.6. The van der Waals surface area contributed by atoms with Gasteiger partial charge < -0.3 is 29.4 Å². The van der Waals surface area contributed by atoms with Crippen LogP contribution in [0.2, 0.25) is 0 Å². The number of carbonyl (C=O) groups is 3. The van der Waals surface area contributed by atoms with Crippen molar-refractivity contribution in [2.45, 2.75) is 126 Å². The van der Waals surface area contributed by atoms with E-state index in [-0.39, 0.29) is 41.0 Å². The first-order valence-corrected chi connectivity index (χ1v) is 19.3. The van der Waals surface area contributed by atoms with E-state index in [4.69, 9.17) is 18.9 Å². The number of carboxylic acids is 1. The molecule has 0 amide bonds. The number of ketones is 1. The van der Waals surface area contributed by atoms with Crippen LogP contribution in [-0.4, -0.2) is 80.7 Å². The van der Waals surface area contributed by atoms with E-state index < -0.39 is 51.2 Å². The largest absolute Gasteiger partial charge is 0.481 e. The maximum atomic E-state index is 14.9. The Bertz CT molecular complexity index is 1360. The van der Waals surface area contributed by atoms with Gasteiger partial charge in [-0.25, -0.2) is 0 Å². The predicted octanol–water partition coefficient (Wildman–Crippen LogP) is 6.72. The second-order valence-corrected chi connectivity index (χ2v) is 18.8. The molecule has 0 aromatic heterocycles. The molecule has 0 aromatic rings. The van der Waals surface area contributed by atoms with Crippen molar-refractivity contribution in [1.82, 2.24) is 5.32 Å². The van der Waals surface area contributed by atoms with Gasteiger partial charge in [-0.3, -0.25) is 14.4 Å². The minimum atomic E-state index is -1.06. The topological polar surface area (TPSA) is 120 Å². The first-order valence-electron chi connectivity index (χ1n) is 19.3. The highest BCUT2D eigenvalue weighted by atomic mass is 16.6. The van der Waals surface area contributed by atoms with Crippen LogP contribution in [0.3, 0.4) is 0 Å². The summed E-state index contributed by atoms with van der Waals surface area (Å²) in [6, 6.07) is 0. The Morgan fingerprint density at radius 1 is 1.08 bits per heavy atom. The van der Waals surface area contributed by atoms with Gasteiger partial charge in [-0.05, 0) is 85.5 Å². The van der Waals surface area contributed by atoms with Crippen molar-refractivity contribution in [3.8, 4) is 0 Å². The maximum Gasteiger partial charge on any atom is 0.308 e. The lowest BCUT2D eigenvalue weighted by molar-refractivity contribution is -0.268. The van der Waals surface area contributed by atoms with Gasteiger partial charge in [0.2, 0.25) is 0 Å². The number of allylic oxidation sites excluding steroid dienone is 1. The number of rotatable bonds is 12. The summed E-state index contributed by atoms with van der Waals surface area (Å²) < 4.78 is 25.0. The number of aliphatic carboxylic acids is 1. The van der Waals surface area contributed by atoms with E-state index >= 15 is 0 Å². The molecule has 5 rings (SSSR count). The van der Waals surface area contributed by atoms with E-state index in [1.165, 1.54) is 6.92 Å². The fourth-order valence-corrected chi connectivity index (χ4v) is 12.1. The molecule has 0 spiro atoms. The molecular weight excluding hydrogens is 634 g/mol. The van der Waals surface area contributed by atoms with Crippen LogP contribution >= 0.6 is 0 Å². The lowest BCUT2D eigenvalue weighted by Crippen LogP contribution is -2.71. The molecule has 4 fully saturated rings. The summed E-state index contributed by atoms with van der Waals surface area (Å²) in [5.74, 6) is -1.20. The molecule has 3 saturated carbocycles. The van der Waals surface area contributed by atoms with Crippen LogP contribution in [0.4, 0.5) is 0 Å². The second-order valence-electron chi connectivity index (χ2n) is 18.8. The van der Waals surface area contributed by atoms with Crippen LogP contribution < -0.4 is 5.32 Å². The van der Waals surface area contributed by atoms with E-state index in [2.05, 4.69) is 67.6 Å². The van der Waals surface area contributed by atoms with Crippen LogP contribution in [0.5, 0.6) is 0 Å². The van der Waals surface area contributed by atoms with Gasteiger partial charge >= 0.3 is 11.9 Å². The highest BCUT2D eigenvalue weighted by Gasteiger charge is 2.74. The summed E-state index contributed by atoms with van der Waals surface area (Å²) in [6.45, 7) is 25.6. The summed E-state index contributed by atoms with van der Waals surface area (Å²) in [6.07, 6.45) is 4.80. The number of carboxylic acid groups (broad SMARTS) is 1. The number of ether oxygens (including phenoxy) is 4. The van der Waals surface area contributed by atoms with E-state index in [9.17, 15) is 19.5 Å². The third-order valence-corrected chi connectivity index (χ3v) is 15.9. The Hall–Kier alpha value is -1.81. The number of hydrogen-bond donors (Lipinski definition) is 2. The Balaban J connectivity index is 1.57. The van der Waals surface area contributed by atoms with Crippen molar-refractivity contribution in [2.24, 2.45) is 62.6 Å². The number of fused-ring (bicyclic) bond motifs is 3. The van der Waals surface area contributed by atoms with E-state index in [0.717, 1.165) is 31.3 Å². The van der Waals surface area contributed by atoms with Crippen LogP contribution in [0.25, 0.3) is 0 Å². The number of esters is 1. The third kappa shape index (κ3) is 5.74. The molecule has 9 nitrogen and oxygen atoms in total. The minimum absolute atomic E-state index is 0.0258. The van der Waals surface area contributed by atoms with Crippen molar-refractivity contribution in [3.05, 3.63) is 11.6 Å². The Morgan fingerprint density at radius 2 is 1.76 bits per heavy atom. The highest BCUT2D eigenvalue weighted by molar-refractivity contribution is 6.00. The molecular formula is C41H67NO8. The molecule has 12 atom stereocenters. The molecule has 1 aliphatic heterocycles. The predicted molar refractivity (Wildman–Crippen MR) is 192 cm³/mol. The molecule has 50 heavy (non-hydrogen) atoms. The van der Waals surface area contributed by atoms with Gasteiger partial charge in [-0.2, -0.15) is 0 Å². The zero-order chi connectivity index (χ0) is 37.2. The lowest BCUT2D eigenvalue weighted by Gasteiger charge is -2.70. The van der Waals surface area contributed by atoms with Crippen molar-refractivity contribution in [1.29, 1.82) is 0 Å². The molecule has 0 radical (unpaired) electrons. The molecule has 1 saturated heterocycles. The molecule has 0 unspecified atom stereocenters. The summed E-state index contributed by atoms with van der Waals surface area (Å²) >= 11 is 0. The van der Waals surface area contributed by atoms with Gasteiger partial charge in [0, 0.05) is 42.4 Å². The van der Waals surface area contributed by atoms with Gasteiger partial charge in [-0.1, -0.05) is 67.9 Å². The summed E-state index contributed by atoms with van der Waals surface area (Å²) in [5.41, 5.74) is -2.35. The van der Waals surface area contributed by atoms with Gasteiger partial charge in [0.15, 0.2) is 5.78 Å². The number of hydrogen-bond acceptors (Lipinski definition) is 8. The normalized spacial score (nSPS) is 42.9. The van der Waals surface area contributed by atoms with Gasteiger partial charge in [-0.15, -0.1) is 0 Å². The molecule has 0 aromatic carbocycles. The molecule has 5 aliphatic rings. The lowest BCUT2D eigenvalue weighted by atomic mass is 9.34. The van der Waals surface area contributed by atoms with Crippen molar-refractivity contribution in [2.75, 3.05) is 40.1 Å². The van der Waals surface area contributed by atoms with Crippen LogP contribution in [0, 0.1) is 62.6 Å². The van der Waals surface area contributed by atoms with Crippen LogP contribution in [0.15, 0.2) is 11.6 Å². The third-order valence-electron chi connectivity index (χ3n) is 15.9. The Labute approximate surface area is 301 Å². The van der Waals surface area contributed by atoms with E-state index in [1.807, 2.05) is 13.0 Å². The second kappa shape index (κ2) is 13.6. The van der Waals surface area contributed by atoms with Crippen molar-refractivity contribution >= 4 is 17.7 Å². The van der Waals surface area contributed by atoms with Crippen molar-refractivity contribution < 1.29 is 38.4 Å². The first kappa shape index (κ1) is 39.4. The van der Waals surface area contributed by atoms with Crippen molar-refractivity contribution in [3.63, 3.8) is 0 Å². The molecule has 2 N–H and O–H groups in total. The first-order chi connectivity index (χ1) is 23.2. The SMILES string of the molecule is COCCN[C@@](C)(CO[C@H]1[C@H](OC(C)=O)C[C@@]23COC[C@]1(C)[C@@H]2CC[C@H]1C3=CC(=O)[C@@]2(C)[C@H](C(=O)O)[C@@](C)([C@H](C)C(C)C)CC[C@]12C)C(C)C. The average molecular weight is 702 g/mol. The number of carbonyl (C=O) groups excluding carboxylic acids is 2. The monoisotopic (exact) mass is 701 g/mol. The summed E-state index contributed by atoms with van der Waals surface area (Å²) in [4.78, 5) is 41.1. The molecule has 284 valence electrons. The molecule has 2 bridgehead atoms. The average Bonchev–Trinajstić information content (AvgIpc) is 3.01. The standard InChI is InChI=1S/C41H67NO8/c1-24(2)26(5)36(7)15-16-38(9)28-13-14-31-37(8)21-48-23-41(31,29(28)19-32(44)40(38,11)33(36)35(45)46)20-30(50-27(6)43)34(37)49-22-39(10,25(3)4)42-17-18-47-12/h19,24-26,28,30-31,33-34,42H,13-18,20-23H2,1-12H3,(H,45,46)/t26-,28+,30-,31+,33-,34+,36-,37-,38-,39+,40+,41+/m1/s1. The Kier molecular flexibility index (Phi) is 10.7. The molecule has 4 aliphatic carbocycles. The number of methoxy groups -OCH3 is 1. The fraction of sp³-hybridized carbons (Fsp3) is 0.878. The minimum Gasteiger partial charge on any atom is -0.481 e. The van der Waals surface area contributed by atoms with E-state index in [1.54, 1.807) is 7.11 Å². The quantitative estimate of drug-likeness (QED) is 0.169. The highest BCUT2D eigenvalue weighted by Crippen LogP contribution is 2.74. The zero-order valence-electron chi connectivity index (χ0n) is 33.1. The Morgan fingerprint density at radius 3 is 2.34 bits per heavy atom. The smallest absolute Gasteiger partial charge is 0.308 e. The fourth-order valence-electron chi connectivity index (χ4n) is 12.1. The van der Waals surface area contributed by atoms with Gasteiger partial charge in [0.05, 0.1) is 32.3 Å². The van der Waals surface area contributed by atoms with Gasteiger partial charge in [0.1, 0.15) is 12.2 Å². The van der Waals surface area contributed by atoms with E-state index in [0.29, 0.717) is 45.3 Å². The maximum absolute atomic E-state index is 14.9. The van der Waals surface area contributed by atoms with Crippen LogP contribution in [-0.2, 0) is 33.3 Å².